The van der Waals surface area contributed by atoms with E-state index in [4.69, 9.17) is 9.97 Å². The standard InChI is InChI=1S/C34H33N3O/c1-21-18-27(36-32-24(21)10-9-13-30(32)38)22-14-15-26-29(19-22)37(28-12-8-7-11-25(28)34(26,5)6)31-20-23(16-17-35-31)33(2,3)4/h7-20,38H,1-6H3. The fourth-order valence-corrected chi connectivity index (χ4v) is 5.68. The van der Waals surface area contributed by atoms with Gasteiger partial charge in [-0.3, -0.25) is 4.90 Å². The summed E-state index contributed by atoms with van der Waals surface area (Å²) in [4.78, 5) is 12.1. The summed E-state index contributed by atoms with van der Waals surface area (Å²) in [5, 5.41) is 11.5. The zero-order valence-corrected chi connectivity index (χ0v) is 22.9. The molecule has 6 rings (SSSR count). The van der Waals surface area contributed by atoms with Crippen LogP contribution in [0.4, 0.5) is 17.2 Å². The zero-order chi connectivity index (χ0) is 26.8. The molecule has 4 nitrogen and oxygen atoms in total. The highest BCUT2D eigenvalue weighted by Crippen LogP contribution is 2.52. The van der Waals surface area contributed by atoms with Crippen LogP contribution in [0.2, 0.25) is 0 Å². The fourth-order valence-electron chi connectivity index (χ4n) is 5.68. The number of hydrogen-bond donors (Lipinski definition) is 1. The first-order valence-electron chi connectivity index (χ1n) is 13.2. The predicted molar refractivity (Wildman–Crippen MR) is 157 cm³/mol. The maximum Gasteiger partial charge on any atom is 0.141 e. The molecule has 0 radical (unpaired) electrons. The van der Waals surface area contributed by atoms with Gasteiger partial charge in [0.15, 0.2) is 0 Å². The van der Waals surface area contributed by atoms with Crippen LogP contribution in [0, 0.1) is 6.92 Å². The summed E-state index contributed by atoms with van der Waals surface area (Å²) in [6.45, 7) is 13.3. The van der Waals surface area contributed by atoms with Gasteiger partial charge in [0.1, 0.15) is 17.1 Å². The molecule has 4 heteroatoms. The van der Waals surface area contributed by atoms with Crippen LogP contribution in [0.25, 0.3) is 22.2 Å². The summed E-state index contributed by atoms with van der Waals surface area (Å²) in [5.41, 5.74) is 9.36. The molecule has 0 saturated heterocycles. The van der Waals surface area contributed by atoms with Crippen LogP contribution in [0.5, 0.6) is 5.75 Å². The van der Waals surface area contributed by atoms with E-state index < -0.39 is 0 Å². The first kappa shape index (κ1) is 24.2. The van der Waals surface area contributed by atoms with Gasteiger partial charge in [-0.15, -0.1) is 0 Å². The highest BCUT2D eigenvalue weighted by atomic mass is 16.3. The first-order valence-corrected chi connectivity index (χ1v) is 13.2. The molecule has 5 aromatic rings. The fraction of sp³-hybridized carbons (Fsp3) is 0.235. The van der Waals surface area contributed by atoms with Gasteiger partial charge in [0, 0.05) is 22.6 Å². The molecule has 0 bridgehead atoms. The van der Waals surface area contributed by atoms with Crippen LogP contribution in [0.1, 0.15) is 56.9 Å². The highest BCUT2D eigenvalue weighted by Gasteiger charge is 2.37. The van der Waals surface area contributed by atoms with E-state index in [1.165, 1.54) is 16.7 Å². The van der Waals surface area contributed by atoms with Crippen molar-refractivity contribution >= 4 is 28.1 Å². The lowest BCUT2D eigenvalue weighted by molar-refractivity contribution is 0.480. The van der Waals surface area contributed by atoms with E-state index >= 15 is 0 Å². The average Bonchev–Trinajstić information content (AvgIpc) is 2.89. The molecular weight excluding hydrogens is 466 g/mol. The van der Waals surface area contributed by atoms with Gasteiger partial charge < -0.3 is 5.11 Å². The molecular formula is C34H33N3O. The summed E-state index contributed by atoms with van der Waals surface area (Å²) in [6, 6.07) is 27.2. The Morgan fingerprint density at radius 1 is 0.816 bits per heavy atom. The van der Waals surface area contributed by atoms with Crippen molar-refractivity contribution in [1.29, 1.82) is 0 Å². The number of aromatic hydroxyl groups is 1. The van der Waals surface area contributed by atoms with Crippen LogP contribution in [-0.2, 0) is 10.8 Å². The normalized spacial score (nSPS) is 14.3. The number of para-hydroxylation sites is 2. The van der Waals surface area contributed by atoms with Crippen molar-refractivity contribution in [2.24, 2.45) is 0 Å². The van der Waals surface area contributed by atoms with Gasteiger partial charge in [-0.2, -0.15) is 0 Å². The summed E-state index contributed by atoms with van der Waals surface area (Å²) < 4.78 is 0. The maximum atomic E-state index is 10.5. The zero-order valence-electron chi connectivity index (χ0n) is 22.9. The van der Waals surface area contributed by atoms with E-state index in [9.17, 15) is 5.11 Å². The van der Waals surface area contributed by atoms with E-state index in [0.29, 0.717) is 5.52 Å². The van der Waals surface area contributed by atoms with Crippen molar-refractivity contribution in [3.8, 4) is 17.0 Å². The number of phenols is 1. The predicted octanol–water partition coefficient (Wildman–Crippen LogP) is 8.72. The molecule has 1 N–H and O–H groups in total. The van der Waals surface area contributed by atoms with Gasteiger partial charge in [0.05, 0.1) is 17.1 Å². The van der Waals surface area contributed by atoms with Crippen LogP contribution in [-0.4, -0.2) is 15.1 Å². The third-order valence-electron chi connectivity index (χ3n) is 7.89. The minimum atomic E-state index is -0.187. The molecule has 3 aromatic carbocycles. The molecule has 1 aliphatic heterocycles. The second-order valence-corrected chi connectivity index (χ2v) is 11.9. The topological polar surface area (TPSA) is 49.2 Å². The number of nitrogens with zero attached hydrogens (tertiary/aromatic N) is 3. The van der Waals surface area contributed by atoms with E-state index in [1.807, 2.05) is 18.3 Å². The second kappa shape index (κ2) is 8.42. The average molecular weight is 500 g/mol. The lowest BCUT2D eigenvalue weighted by atomic mass is 9.73. The van der Waals surface area contributed by atoms with E-state index in [0.717, 1.165) is 39.4 Å². The number of fused-ring (bicyclic) bond motifs is 3. The number of rotatable bonds is 2. The van der Waals surface area contributed by atoms with E-state index in [1.54, 1.807) is 6.07 Å². The minimum absolute atomic E-state index is 0.00544. The number of phenolic OH excluding ortho intramolecular Hbond substituents is 1. The van der Waals surface area contributed by atoms with E-state index in [-0.39, 0.29) is 16.6 Å². The summed E-state index contributed by atoms with van der Waals surface area (Å²) >= 11 is 0. The highest BCUT2D eigenvalue weighted by molar-refractivity contribution is 5.91. The van der Waals surface area contributed by atoms with Crippen molar-refractivity contribution in [2.45, 2.75) is 52.4 Å². The van der Waals surface area contributed by atoms with Crippen LogP contribution < -0.4 is 4.90 Å². The third-order valence-corrected chi connectivity index (χ3v) is 7.89. The molecule has 0 amide bonds. The molecule has 190 valence electrons. The largest absolute Gasteiger partial charge is 0.506 e. The molecule has 2 aromatic heterocycles. The first-order chi connectivity index (χ1) is 18.1. The number of pyridine rings is 2. The van der Waals surface area contributed by atoms with Crippen molar-refractivity contribution in [1.82, 2.24) is 9.97 Å². The molecule has 3 heterocycles. The van der Waals surface area contributed by atoms with Gasteiger partial charge in [0.25, 0.3) is 0 Å². The van der Waals surface area contributed by atoms with Crippen LogP contribution >= 0.6 is 0 Å². The Hall–Kier alpha value is -4.18. The summed E-state index contributed by atoms with van der Waals surface area (Å²) in [5.74, 6) is 1.10. The molecule has 0 aliphatic carbocycles. The van der Waals surface area contributed by atoms with Gasteiger partial charge in [-0.05, 0) is 71.0 Å². The number of hydrogen-bond acceptors (Lipinski definition) is 4. The Kier molecular flexibility index (Phi) is 5.36. The summed E-state index contributed by atoms with van der Waals surface area (Å²) in [7, 11) is 0. The van der Waals surface area contributed by atoms with Crippen molar-refractivity contribution in [2.75, 3.05) is 4.90 Å². The number of anilines is 3. The van der Waals surface area contributed by atoms with Crippen molar-refractivity contribution < 1.29 is 5.11 Å². The molecule has 0 saturated carbocycles. The van der Waals surface area contributed by atoms with E-state index in [2.05, 4.69) is 107 Å². The Morgan fingerprint density at radius 3 is 2.37 bits per heavy atom. The molecule has 0 unspecified atom stereocenters. The minimum Gasteiger partial charge on any atom is -0.506 e. The molecule has 0 fully saturated rings. The Bertz CT molecular complexity index is 1710. The van der Waals surface area contributed by atoms with Crippen molar-refractivity contribution in [3.05, 3.63) is 107 Å². The van der Waals surface area contributed by atoms with Crippen molar-refractivity contribution in [3.63, 3.8) is 0 Å². The van der Waals surface area contributed by atoms with Crippen LogP contribution in [0.15, 0.2) is 85.1 Å². The molecule has 0 atom stereocenters. The quantitative estimate of drug-likeness (QED) is 0.264. The monoisotopic (exact) mass is 499 g/mol. The third kappa shape index (κ3) is 3.75. The lowest BCUT2D eigenvalue weighted by Gasteiger charge is -2.42. The molecule has 38 heavy (non-hydrogen) atoms. The summed E-state index contributed by atoms with van der Waals surface area (Å²) in [6.07, 6.45) is 1.92. The Labute approximate surface area is 224 Å². The Morgan fingerprint density at radius 2 is 1.58 bits per heavy atom. The lowest BCUT2D eigenvalue weighted by Crippen LogP contribution is -2.31. The molecule has 0 spiro atoms. The van der Waals surface area contributed by atoms with Gasteiger partial charge in [-0.25, -0.2) is 9.97 Å². The van der Waals surface area contributed by atoms with Crippen LogP contribution in [0.3, 0.4) is 0 Å². The van der Waals surface area contributed by atoms with Gasteiger partial charge in [0.2, 0.25) is 0 Å². The smallest absolute Gasteiger partial charge is 0.141 e. The van der Waals surface area contributed by atoms with Gasteiger partial charge in [-0.1, -0.05) is 77.1 Å². The number of aryl methyl sites for hydroxylation is 1. The maximum absolute atomic E-state index is 10.5. The van der Waals surface area contributed by atoms with Gasteiger partial charge >= 0.3 is 0 Å². The molecule has 1 aliphatic rings. The SMILES string of the molecule is Cc1cc(-c2ccc3c(c2)N(c2cc(C(C)(C)C)ccn2)c2ccccc2C3(C)C)nc2c(O)cccc12. The number of benzene rings is 3. The Balaban J connectivity index is 1.60. The second-order valence-electron chi connectivity index (χ2n) is 11.9. The number of aromatic nitrogens is 2.